The van der Waals surface area contributed by atoms with Crippen LogP contribution in [0, 0.1) is 9.39 Å². The van der Waals surface area contributed by atoms with Crippen LogP contribution in [0.4, 0.5) is 4.39 Å². The SMILES string of the molecule is CSc1c(Oc2cccc(I)c2)c(F)cc2[nH]ccc12. The Bertz CT molecular complexity index is 772. The summed E-state index contributed by atoms with van der Waals surface area (Å²) < 4.78 is 21.1. The zero-order valence-electron chi connectivity index (χ0n) is 10.6. The Kier molecular flexibility index (Phi) is 3.89. The highest BCUT2D eigenvalue weighted by atomic mass is 127. The number of halogens is 2. The number of fused-ring (bicyclic) bond motifs is 1. The van der Waals surface area contributed by atoms with E-state index < -0.39 is 0 Å². The number of ether oxygens (including phenoxy) is 1. The molecule has 1 N–H and O–H groups in total. The molecule has 0 aliphatic carbocycles. The van der Waals surface area contributed by atoms with Gasteiger partial charge >= 0.3 is 0 Å². The summed E-state index contributed by atoms with van der Waals surface area (Å²) in [6.45, 7) is 0. The minimum Gasteiger partial charge on any atom is -0.453 e. The van der Waals surface area contributed by atoms with E-state index in [4.69, 9.17) is 4.74 Å². The van der Waals surface area contributed by atoms with Crippen molar-refractivity contribution in [3.8, 4) is 11.5 Å². The Morgan fingerprint density at radius 1 is 1.25 bits per heavy atom. The van der Waals surface area contributed by atoms with Crippen molar-refractivity contribution in [2.24, 2.45) is 0 Å². The minimum absolute atomic E-state index is 0.284. The molecule has 0 aliphatic heterocycles. The van der Waals surface area contributed by atoms with Gasteiger partial charge in [0, 0.05) is 26.7 Å². The molecular formula is C15H11FINOS. The molecule has 0 atom stereocenters. The maximum atomic E-state index is 14.3. The van der Waals surface area contributed by atoms with Crippen molar-refractivity contribution in [2.75, 3.05) is 6.26 Å². The lowest BCUT2D eigenvalue weighted by Crippen LogP contribution is -1.92. The highest BCUT2D eigenvalue weighted by Crippen LogP contribution is 2.39. The largest absolute Gasteiger partial charge is 0.453 e. The van der Waals surface area contributed by atoms with Gasteiger partial charge in [-0.25, -0.2) is 4.39 Å². The molecular weight excluding hydrogens is 388 g/mol. The van der Waals surface area contributed by atoms with Gasteiger partial charge in [0.1, 0.15) is 5.75 Å². The van der Waals surface area contributed by atoms with Crippen molar-refractivity contribution in [2.45, 2.75) is 4.90 Å². The predicted molar refractivity (Wildman–Crippen MR) is 89.3 cm³/mol. The first-order valence-corrected chi connectivity index (χ1v) is 8.26. The summed E-state index contributed by atoms with van der Waals surface area (Å²) in [6.07, 6.45) is 3.72. The lowest BCUT2D eigenvalue weighted by molar-refractivity contribution is 0.432. The summed E-state index contributed by atoms with van der Waals surface area (Å²) in [5.41, 5.74) is 0.779. The Balaban J connectivity index is 2.12. The van der Waals surface area contributed by atoms with Crippen LogP contribution in [0.15, 0.2) is 47.5 Å². The second-order valence-electron chi connectivity index (χ2n) is 4.22. The number of hydrogen-bond donors (Lipinski definition) is 1. The molecule has 3 aromatic rings. The lowest BCUT2D eigenvalue weighted by Gasteiger charge is -2.12. The summed E-state index contributed by atoms with van der Waals surface area (Å²) in [6, 6.07) is 11.0. The van der Waals surface area contributed by atoms with Crippen molar-refractivity contribution in [1.82, 2.24) is 4.98 Å². The van der Waals surface area contributed by atoms with E-state index in [0.717, 1.165) is 19.4 Å². The lowest BCUT2D eigenvalue weighted by atomic mass is 10.2. The molecule has 0 fully saturated rings. The third-order valence-corrected chi connectivity index (χ3v) is 4.42. The van der Waals surface area contributed by atoms with Crippen LogP contribution in [0.25, 0.3) is 10.9 Å². The molecule has 20 heavy (non-hydrogen) atoms. The number of aromatic amines is 1. The molecule has 0 saturated carbocycles. The van der Waals surface area contributed by atoms with Gasteiger partial charge in [0.25, 0.3) is 0 Å². The van der Waals surface area contributed by atoms with E-state index in [1.54, 1.807) is 6.20 Å². The van der Waals surface area contributed by atoms with Gasteiger partial charge < -0.3 is 9.72 Å². The van der Waals surface area contributed by atoms with Crippen LogP contribution in [0.3, 0.4) is 0 Å². The molecule has 3 rings (SSSR count). The van der Waals surface area contributed by atoms with Crippen molar-refractivity contribution in [3.63, 3.8) is 0 Å². The average Bonchev–Trinajstić information content (AvgIpc) is 2.87. The highest BCUT2D eigenvalue weighted by molar-refractivity contribution is 14.1. The molecule has 1 heterocycles. The zero-order chi connectivity index (χ0) is 14.1. The van der Waals surface area contributed by atoms with E-state index >= 15 is 0 Å². The Labute approximate surface area is 133 Å². The number of H-pyrrole nitrogens is 1. The molecule has 0 spiro atoms. The van der Waals surface area contributed by atoms with Crippen molar-refractivity contribution >= 4 is 45.3 Å². The molecule has 5 heteroatoms. The van der Waals surface area contributed by atoms with Crippen LogP contribution in [0.2, 0.25) is 0 Å². The Morgan fingerprint density at radius 2 is 2.10 bits per heavy atom. The third kappa shape index (κ3) is 2.52. The molecule has 0 unspecified atom stereocenters. The zero-order valence-corrected chi connectivity index (χ0v) is 13.6. The Hall–Kier alpha value is -1.21. The van der Waals surface area contributed by atoms with Crippen molar-refractivity contribution in [3.05, 3.63) is 52.0 Å². The number of thioether (sulfide) groups is 1. The first kappa shape index (κ1) is 13.8. The maximum absolute atomic E-state index is 14.3. The summed E-state index contributed by atoms with van der Waals surface area (Å²) in [4.78, 5) is 3.83. The number of hydrogen-bond acceptors (Lipinski definition) is 2. The second kappa shape index (κ2) is 5.65. The first-order chi connectivity index (χ1) is 9.69. The van der Waals surface area contributed by atoms with Crippen LogP contribution < -0.4 is 4.74 Å². The normalized spacial score (nSPS) is 10.9. The number of nitrogens with one attached hydrogen (secondary N) is 1. The van der Waals surface area contributed by atoms with E-state index in [0.29, 0.717) is 5.75 Å². The van der Waals surface area contributed by atoms with Crippen LogP contribution in [-0.2, 0) is 0 Å². The topological polar surface area (TPSA) is 25.0 Å². The standard InChI is InChI=1S/C15H11FINOS/c1-20-15-11-5-6-18-13(11)8-12(16)14(15)19-10-4-2-3-9(17)7-10/h2-8,18H,1H3. The van der Waals surface area contributed by atoms with E-state index in [1.165, 1.54) is 17.8 Å². The molecule has 0 radical (unpaired) electrons. The van der Waals surface area contributed by atoms with E-state index in [2.05, 4.69) is 27.6 Å². The highest BCUT2D eigenvalue weighted by Gasteiger charge is 2.16. The molecule has 2 nitrogen and oxygen atoms in total. The predicted octanol–water partition coefficient (Wildman–Crippen LogP) is 5.43. The van der Waals surface area contributed by atoms with Gasteiger partial charge in [0.05, 0.1) is 4.90 Å². The fourth-order valence-electron chi connectivity index (χ4n) is 2.07. The van der Waals surface area contributed by atoms with Gasteiger partial charge in [0.15, 0.2) is 11.6 Å². The molecule has 0 saturated heterocycles. The van der Waals surface area contributed by atoms with Crippen LogP contribution >= 0.6 is 34.4 Å². The molecule has 0 amide bonds. The monoisotopic (exact) mass is 399 g/mol. The minimum atomic E-state index is -0.358. The van der Waals surface area contributed by atoms with Crippen molar-refractivity contribution < 1.29 is 9.13 Å². The first-order valence-electron chi connectivity index (χ1n) is 5.96. The summed E-state index contributed by atoms with van der Waals surface area (Å²) >= 11 is 3.68. The molecule has 1 aromatic heterocycles. The van der Waals surface area contributed by atoms with Crippen LogP contribution in [0.1, 0.15) is 0 Å². The number of benzene rings is 2. The molecule has 0 aliphatic rings. The average molecular weight is 399 g/mol. The van der Waals surface area contributed by atoms with E-state index in [1.807, 2.05) is 36.6 Å². The van der Waals surface area contributed by atoms with Gasteiger partial charge in [-0.3, -0.25) is 0 Å². The van der Waals surface area contributed by atoms with Crippen molar-refractivity contribution in [1.29, 1.82) is 0 Å². The van der Waals surface area contributed by atoms with Gasteiger partial charge in [0.2, 0.25) is 0 Å². The fourth-order valence-corrected chi connectivity index (χ4v) is 3.31. The molecule has 0 bridgehead atoms. The number of aromatic nitrogens is 1. The van der Waals surface area contributed by atoms with Crippen LogP contribution in [0.5, 0.6) is 11.5 Å². The molecule has 102 valence electrons. The van der Waals surface area contributed by atoms with E-state index in [9.17, 15) is 4.39 Å². The smallest absolute Gasteiger partial charge is 0.177 e. The fraction of sp³-hybridized carbons (Fsp3) is 0.0667. The maximum Gasteiger partial charge on any atom is 0.177 e. The quantitative estimate of drug-likeness (QED) is 0.470. The second-order valence-corrected chi connectivity index (χ2v) is 6.28. The summed E-state index contributed by atoms with van der Waals surface area (Å²) in [5, 5.41) is 0.972. The summed E-state index contributed by atoms with van der Waals surface area (Å²) in [7, 11) is 0. The Morgan fingerprint density at radius 3 is 2.85 bits per heavy atom. The summed E-state index contributed by atoms with van der Waals surface area (Å²) in [5.74, 6) is 0.566. The van der Waals surface area contributed by atoms with Gasteiger partial charge in [-0.15, -0.1) is 11.8 Å². The molecule has 2 aromatic carbocycles. The number of rotatable bonds is 3. The van der Waals surface area contributed by atoms with E-state index in [-0.39, 0.29) is 11.6 Å². The van der Waals surface area contributed by atoms with Gasteiger partial charge in [-0.2, -0.15) is 0 Å². The van der Waals surface area contributed by atoms with Gasteiger partial charge in [-0.05, 0) is 53.1 Å². The van der Waals surface area contributed by atoms with Crippen LogP contribution in [-0.4, -0.2) is 11.2 Å². The van der Waals surface area contributed by atoms with Gasteiger partial charge in [-0.1, -0.05) is 6.07 Å². The third-order valence-electron chi connectivity index (χ3n) is 2.94.